The first-order chi connectivity index (χ1) is 22.5. The Hall–Kier alpha value is -5.47. The van der Waals surface area contributed by atoms with Crippen LogP contribution >= 0.6 is 0 Å². The molecule has 0 aliphatic rings. The number of anilines is 2. The zero-order chi connectivity index (χ0) is 33.6. The molecule has 0 unspecified atom stereocenters. The number of halogens is 1. The van der Waals surface area contributed by atoms with Crippen molar-refractivity contribution in [1.29, 1.82) is 0 Å². The minimum atomic E-state index is -3.79. The third-order valence-electron chi connectivity index (χ3n) is 6.98. The van der Waals surface area contributed by atoms with Crippen LogP contribution in [0.2, 0.25) is 0 Å². The highest BCUT2D eigenvalue weighted by Gasteiger charge is 2.21. The third kappa shape index (κ3) is 7.68. The summed E-state index contributed by atoms with van der Waals surface area (Å²) in [7, 11) is -6.05. The first kappa shape index (κ1) is 32.9. The molecule has 0 bridgehead atoms. The van der Waals surface area contributed by atoms with E-state index in [0.29, 0.717) is 16.9 Å². The molecule has 0 atom stereocenters. The Balaban J connectivity index is 0.000000185. The Labute approximate surface area is 272 Å². The molecule has 2 aromatic heterocycles. The molecule has 0 radical (unpaired) electrons. The smallest absolute Gasteiger partial charge is 0.263 e. The molecule has 0 spiro atoms. The van der Waals surface area contributed by atoms with Gasteiger partial charge in [-0.3, -0.25) is 19.6 Å². The van der Waals surface area contributed by atoms with Gasteiger partial charge >= 0.3 is 0 Å². The van der Waals surface area contributed by atoms with Gasteiger partial charge in [-0.25, -0.2) is 21.2 Å². The van der Waals surface area contributed by atoms with Crippen molar-refractivity contribution in [2.75, 3.05) is 16.6 Å². The van der Waals surface area contributed by atoms with Gasteiger partial charge in [-0.1, -0.05) is 60.2 Å². The number of nitrogens with one attached hydrogen (secondary N) is 4. The van der Waals surface area contributed by atoms with Crippen LogP contribution in [0.5, 0.6) is 5.75 Å². The number of aryl methyl sites for hydroxylation is 2. The van der Waals surface area contributed by atoms with Gasteiger partial charge in [-0.05, 0) is 61.4 Å². The highest BCUT2D eigenvalue weighted by atomic mass is 32.2. The van der Waals surface area contributed by atoms with Crippen molar-refractivity contribution in [2.45, 2.75) is 23.6 Å². The zero-order valence-electron chi connectivity index (χ0n) is 25.5. The van der Waals surface area contributed by atoms with Gasteiger partial charge in [0, 0.05) is 35.2 Å². The number of ether oxygens (including phenoxy) is 1. The van der Waals surface area contributed by atoms with Crippen LogP contribution in [0.1, 0.15) is 11.1 Å². The molecule has 2 heterocycles. The molecule has 0 saturated carbocycles. The molecular weight excluding hydrogens is 644 g/mol. The van der Waals surface area contributed by atoms with Gasteiger partial charge in [0.1, 0.15) is 11.6 Å². The van der Waals surface area contributed by atoms with Gasteiger partial charge in [0.2, 0.25) is 0 Å². The van der Waals surface area contributed by atoms with Gasteiger partial charge in [-0.15, -0.1) is 0 Å². The van der Waals surface area contributed by atoms with Crippen molar-refractivity contribution in [3.05, 3.63) is 126 Å². The molecule has 242 valence electrons. The molecular formula is C33H31FN6O5S2. The van der Waals surface area contributed by atoms with Crippen LogP contribution in [0.3, 0.4) is 0 Å². The van der Waals surface area contributed by atoms with E-state index in [0.717, 1.165) is 22.3 Å². The molecule has 14 heteroatoms. The fourth-order valence-electron chi connectivity index (χ4n) is 4.72. The molecule has 0 aliphatic carbocycles. The predicted molar refractivity (Wildman–Crippen MR) is 179 cm³/mol. The fraction of sp³-hybridized carbons (Fsp3) is 0.0909. The van der Waals surface area contributed by atoms with Crippen LogP contribution in [-0.2, 0) is 20.0 Å². The summed E-state index contributed by atoms with van der Waals surface area (Å²) in [5, 5.41) is 13.3. The number of rotatable bonds is 9. The van der Waals surface area contributed by atoms with Gasteiger partial charge in [-0.2, -0.15) is 10.2 Å². The van der Waals surface area contributed by atoms with E-state index in [2.05, 4.69) is 35.9 Å². The number of methoxy groups -OCH3 is 1. The average Bonchev–Trinajstić information content (AvgIpc) is 3.71. The summed E-state index contributed by atoms with van der Waals surface area (Å²) in [4.78, 5) is 0.319. The Morgan fingerprint density at radius 2 is 1.13 bits per heavy atom. The Morgan fingerprint density at radius 1 is 0.638 bits per heavy atom. The number of hydrogen-bond donors (Lipinski definition) is 4. The lowest BCUT2D eigenvalue weighted by Crippen LogP contribution is -2.13. The molecule has 4 aromatic carbocycles. The van der Waals surface area contributed by atoms with Crippen LogP contribution in [0.15, 0.2) is 119 Å². The van der Waals surface area contributed by atoms with E-state index in [1.807, 2.05) is 26.0 Å². The van der Waals surface area contributed by atoms with E-state index < -0.39 is 25.9 Å². The van der Waals surface area contributed by atoms with Gasteiger partial charge in [0.15, 0.2) is 11.6 Å². The van der Waals surface area contributed by atoms with Crippen molar-refractivity contribution in [1.82, 2.24) is 20.4 Å². The monoisotopic (exact) mass is 674 g/mol. The van der Waals surface area contributed by atoms with Crippen LogP contribution in [0, 0.1) is 19.7 Å². The lowest BCUT2D eigenvalue weighted by Gasteiger charge is -2.10. The van der Waals surface area contributed by atoms with E-state index in [1.165, 1.54) is 43.6 Å². The van der Waals surface area contributed by atoms with Crippen LogP contribution in [0.25, 0.3) is 22.3 Å². The van der Waals surface area contributed by atoms with Crippen molar-refractivity contribution in [3.8, 4) is 28.0 Å². The van der Waals surface area contributed by atoms with Crippen LogP contribution in [0.4, 0.5) is 16.0 Å². The summed E-state index contributed by atoms with van der Waals surface area (Å²) in [5.74, 6) is 0.214. The first-order valence-electron chi connectivity index (χ1n) is 14.1. The number of nitrogens with zero attached hydrogens (tertiary/aromatic N) is 2. The van der Waals surface area contributed by atoms with E-state index >= 15 is 0 Å². The molecule has 47 heavy (non-hydrogen) atoms. The minimum absolute atomic E-state index is 0.101. The molecule has 0 saturated heterocycles. The lowest BCUT2D eigenvalue weighted by atomic mass is 10.0. The highest BCUT2D eigenvalue weighted by Crippen LogP contribution is 2.35. The van der Waals surface area contributed by atoms with Gasteiger partial charge in [0.05, 0.1) is 16.9 Å². The topological polar surface area (TPSA) is 159 Å². The molecule has 6 aromatic rings. The summed E-state index contributed by atoms with van der Waals surface area (Å²) >= 11 is 0. The quantitative estimate of drug-likeness (QED) is 0.136. The number of H-pyrrole nitrogens is 2. The zero-order valence-corrected chi connectivity index (χ0v) is 27.2. The second kappa shape index (κ2) is 13.9. The Kier molecular flexibility index (Phi) is 9.72. The SMILES string of the molecule is COc1cc(F)ccc1-c1c[nH]nc1NS(=O)(=O)c1ccccc1.Cc1ccc(-c2c[nH]nc2NS(=O)(=O)c2ccccc2)c(C)c1. The van der Waals surface area contributed by atoms with E-state index in [4.69, 9.17) is 4.74 Å². The Bertz CT molecular complexity index is 2200. The van der Waals surface area contributed by atoms with Crippen LogP contribution < -0.4 is 14.2 Å². The fourth-order valence-corrected chi connectivity index (χ4v) is 6.81. The lowest BCUT2D eigenvalue weighted by molar-refractivity contribution is 0.413. The van der Waals surface area contributed by atoms with Gasteiger partial charge < -0.3 is 4.74 Å². The van der Waals surface area contributed by atoms with Crippen molar-refractivity contribution < 1.29 is 26.0 Å². The van der Waals surface area contributed by atoms with E-state index in [-0.39, 0.29) is 21.4 Å². The van der Waals surface area contributed by atoms with E-state index in [9.17, 15) is 21.2 Å². The number of aromatic amines is 2. The normalized spacial score (nSPS) is 11.3. The largest absolute Gasteiger partial charge is 0.496 e. The van der Waals surface area contributed by atoms with Crippen molar-refractivity contribution >= 4 is 31.7 Å². The summed E-state index contributed by atoms with van der Waals surface area (Å²) in [6.45, 7) is 4.01. The maximum atomic E-state index is 13.4. The average molecular weight is 675 g/mol. The number of hydrogen-bond acceptors (Lipinski definition) is 7. The third-order valence-corrected chi connectivity index (χ3v) is 9.69. The predicted octanol–water partition coefficient (Wildman–Crippen LogP) is 6.52. The summed E-state index contributed by atoms with van der Waals surface area (Å²) in [6.07, 6.45) is 3.21. The Morgan fingerprint density at radius 3 is 1.62 bits per heavy atom. The van der Waals surface area contributed by atoms with E-state index in [1.54, 1.807) is 54.7 Å². The van der Waals surface area contributed by atoms with Gasteiger partial charge in [0.25, 0.3) is 20.0 Å². The maximum absolute atomic E-state index is 13.4. The molecule has 11 nitrogen and oxygen atoms in total. The van der Waals surface area contributed by atoms with Crippen molar-refractivity contribution in [3.63, 3.8) is 0 Å². The molecule has 4 N–H and O–H groups in total. The molecule has 0 aliphatic heterocycles. The van der Waals surface area contributed by atoms with Crippen molar-refractivity contribution in [2.24, 2.45) is 0 Å². The number of sulfonamides is 2. The summed E-state index contributed by atoms with van der Waals surface area (Å²) < 4.78 is 73.3. The molecule has 6 rings (SSSR count). The van der Waals surface area contributed by atoms with Crippen LogP contribution in [-0.4, -0.2) is 44.3 Å². The maximum Gasteiger partial charge on any atom is 0.263 e. The molecule has 0 fully saturated rings. The minimum Gasteiger partial charge on any atom is -0.496 e. The summed E-state index contributed by atoms with van der Waals surface area (Å²) in [6, 6.07) is 26.2. The highest BCUT2D eigenvalue weighted by molar-refractivity contribution is 7.93. The number of benzene rings is 4. The standard InChI is InChI=1S/C17H17N3O2S.C16H14FN3O3S/c1-12-8-9-15(13(2)10-12)16-11-18-19-17(16)20-23(21,22)14-6-4-3-5-7-14;1-23-15-9-11(17)7-8-13(15)14-10-18-19-16(14)20-24(21,22)12-5-3-2-4-6-12/h3-11H,1-2H3,(H2,18,19,20);2-10H,1H3,(H2,18,19,20). The number of aromatic nitrogens is 4. The second-order valence-electron chi connectivity index (χ2n) is 10.3. The molecule has 0 amide bonds. The second-order valence-corrected chi connectivity index (χ2v) is 13.7. The first-order valence-corrected chi connectivity index (χ1v) is 17.1. The summed E-state index contributed by atoms with van der Waals surface area (Å²) in [5.41, 5.74) is 4.84.